The highest BCUT2D eigenvalue weighted by atomic mass is 16.5. The number of methoxy groups -OCH3 is 1. The average molecular weight is 245 g/mol. The Bertz CT molecular complexity index is 522. The molecule has 0 amide bonds. The van der Waals surface area contributed by atoms with E-state index in [0.717, 1.165) is 13.0 Å². The van der Waals surface area contributed by atoms with Gasteiger partial charge in [-0.05, 0) is 31.4 Å². The lowest BCUT2D eigenvalue weighted by molar-refractivity contribution is 0.107. The second-order valence-corrected chi connectivity index (χ2v) is 4.95. The Kier molecular flexibility index (Phi) is 3.30. The molecule has 18 heavy (non-hydrogen) atoms. The van der Waals surface area contributed by atoms with Gasteiger partial charge in [0.1, 0.15) is 0 Å². The number of nitrogens with zero attached hydrogens (tertiary/aromatic N) is 2. The normalized spacial score (nSPS) is 23.8. The molecule has 2 aromatic rings. The molecular weight excluding hydrogens is 226 g/mol. The zero-order chi connectivity index (χ0) is 12.4. The molecule has 96 valence electrons. The second kappa shape index (κ2) is 5.08. The first kappa shape index (κ1) is 11.7. The lowest BCUT2D eigenvalue weighted by Crippen LogP contribution is -2.26. The van der Waals surface area contributed by atoms with Crippen molar-refractivity contribution >= 4 is 5.52 Å². The van der Waals surface area contributed by atoms with Gasteiger partial charge in [-0.3, -0.25) is 0 Å². The van der Waals surface area contributed by atoms with Crippen molar-refractivity contribution in [2.24, 2.45) is 0 Å². The van der Waals surface area contributed by atoms with Gasteiger partial charge < -0.3 is 10.1 Å². The molecule has 4 heteroatoms. The third-order valence-corrected chi connectivity index (χ3v) is 3.81. The fourth-order valence-electron chi connectivity index (χ4n) is 2.72. The molecule has 1 saturated carbocycles. The van der Waals surface area contributed by atoms with Gasteiger partial charge in [-0.15, -0.1) is 0 Å². The summed E-state index contributed by atoms with van der Waals surface area (Å²) in [4.78, 5) is 0. The van der Waals surface area contributed by atoms with Gasteiger partial charge in [0.15, 0.2) is 0 Å². The van der Waals surface area contributed by atoms with Gasteiger partial charge in [-0.25, -0.2) is 4.52 Å². The van der Waals surface area contributed by atoms with Gasteiger partial charge in [0.05, 0.1) is 17.8 Å². The van der Waals surface area contributed by atoms with Crippen LogP contribution in [0.15, 0.2) is 30.6 Å². The van der Waals surface area contributed by atoms with Crippen molar-refractivity contribution in [1.29, 1.82) is 0 Å². The van der Waals surface area contributed by atoms with Crippen LogP contribution in [0.3, 0.4) is 0 Å². The molecular formula is C14H19N3O. The molecule has 1 aliphatic carbocycles. The molecule has 4 nitrogen and oxygen atoms in total. The molecule has 1 N–H and O–H groups in total. The standard InChI is InChI=1S/C14H19N3O/c1-18-13-6-5-12(8-13)15-9-11-10-16-17-7-3-2-4-14(11)17/h2-4,7,10,12-13,15H,5-6,8-9H2,1H3. The highest BCUT2D eigenvalue weighted by molar-refractivity contribution is 5.53. The van der Waals surface area contributed by atoms with Crippen LogP contribution >= 0.6 is 0 Å². The van der Waals surface area contributed by atoms with E-state index in [-0.39, 0.29) is 0 Å². The molecule has 2 unspecified atom stereocenters. The Balaban J connectivity index is 1.63. The molecule has 1 fully saturated rings. The van der Waals surface area contributed by atoms with Gasteiger partial charge in [-0.2, -0.15) is 5.10 Å². The van der Waals surface area contributed by atoms with Crippen LogP contribution in [0.1, 0.15) is 24.8 Å². The van der Waals surface area contributed by atoms with Crippen molar-refractivity contribution < 1.29 is 4.74 Å². The number of hydrogen-bond donors (Lipinski definition) is 1. The highest BCUT2D eigenvalue weighted by Crippen LogP contribution is 2.22. The maximum atomic E-state index is 5.39. The van der Waals surface area contributed by atoms with Crippen molar-refractivity contribution in [3.63, 3.8) is 0 Å². The lowest BCUT2D eigenvalue weighted by atomic mass is 10.2. The number of hydrogen-bond acceptors (Lipinski definition) is 3. The Morgan fingerprint density at radius 3 is 3.22 bits per heavy atom. The van der Waals surface area contributed by atoms with Crippen LogP contribution in [0.25, 0.3) is 5.52 Å². The molecule has 2 aromatic heterocycles. The van der Waals surface area contributed by atoms with E-state index >= 15 is 0 Å². The van der Waals surface area contributed by atoms with E-state index in [4.69, 9.17) is 4.74 Å². The molecule has 0 aromatic carbocycles. The lowest BCUT2D eigenvalue weighted by Gasteiger charge is -2.12. The van der Waals surface area contributed by atoms with Crippen molar-refractivity contribution in [3.8, 4) is 0 Å². The fourth-order valence-corrected chi connectivity index (χ4v) is 2.72. The van der Waals surface area contributed by atoms with E-state index in [1.165, 1.54) is 23.9 Å². The van der Waals surface area contributed by atoms with Crippen LogP contribution in [-0.2, 0) is 11.3 Å². The minimum Gasteiger partial charge on any atom is -0.381 e. The van der Waals surface area contributed by atoms with Gasteiger partial charge in [0, 0.05) is 31.5 Å². The van der Waals surface area contributed by atoms with Crippen molar-refractivity contribution in [3.05, 3.63) is 36.2 Å². The summed E-state index contributed by atoms with van der Waals surface area (Å²) in [5, 5.41) is 7.95. The smallest absolute Gasteiger partial charge is 0.0706 e. The van der Waals surface area contributed by atoms with Crippen LogP contribution in [0.2, 0.25) is 0 Å². The summed E-state index contributed by atoms with van der Waals surface area (Å²) in [6.07, 6.45) is 7.86. The summed E-state index contributed by atoms with van der Waals surface area (Å²) in [5.74, 6) is 0. The molecule has 0 aliphatic heterocycles. The molecule has 3 rings (SSSR count). The molecule has 2 atom stereocenters. The number of nitrogens with one attached hydrogen (secondary N) is 1. The summed E-state index contributed by atoms with van der Waals surface area (Å²) in [6.45, 7) is 0.884. The van der Waals surface area contributed by atoms with E-state index in [9.17, 15) is 0 Å². The van der Waals surface area contributed by atoms with E-state index < -0.39 is 0 Å². The van der Waals surface area contributed by atoms with E-state index in [0.29, 0.717) is 12.1 Å². The maximum Gasteiger partial charge on any atom is 0.0706 e. The summed E-state index contributed by atoms with van der Waals surface area (Å²) in [6, 6.07) is 6.74. The van der Waals surface area contributed by atoms with Crippen molar-refractivity contribution in [2.45, 2.75) is 38.0 Å². The average Bonchev–Trinajstić information content (AvgIpc) is 3.03. The zero-order valence-electron chi connectivity index (χ0n) is 10.7. The number of fused-ring (bicyclic) bond motifs is 1. The van der Waals surface area contributed by atoms with Crippen LogP contribution in [0.4, 0.5) is 0 Å². The Morgan fingerprint density at radius 2 is 2.39 bits per heavy atom. The topological polar surface area (TPSA) is 38.6 Å². The number of ether oxygens (including phenoxy) is 1. The number of pyridine rings is 1. The first-order valence-electron chi connectivity index (χ1n) is 6.54. The minimum absolute atomic E-state index is 0.436. The van der Waals surface area contributed by atoms with Crippen molar-refractivity contribution in [2.75, 3.05) is 7.11 Å². The predicted octanol–water partition coefficient (Wildman–Crippen LogP) is 1.99. The maximum absolute atomic E-state index is 5.39. The molecule has 0 radical (unpaired) electrons. The van der Waals surface area contributed by atoms with Crippen LogP contribution in [0.5, 0.6) is 0 Å². The van der Waals surface area contributed by atoms with Crippen molar-refractivity contribution in [1.82, 2.24) is 14.9 Å². The molecule has 0 saturated heterocycles. The molecule has 0 bridgehead atoms. The quantitative estimate of drug-likeness (QED) is 0.895. The zero-order valence-corrected chi connectivity index (χ0v) is 10.7. The number of aromatic nitrogens is 2. The van der Waals surface area contributed by atoms with Crippen LogP contribution < -0.4 is 5.32 Å². The SMILES string of the molecule is COC1CCC(NCc2cnn3ccccc23)C1. The highest BCUT2D eigenvalue weighted by Gasteiger charge is 2.23. The summed E-state index contributed by atoms with van der Waals surface area (Å²) < 4.78 is 7.31. The van der Waals surface area contributed by atoms with Crippen LogP contribution in [0, 0.1) is 0 Å². The predicted molar refractivity (Wildman–Crippen MR) is 70.5 cm³/mol. The van der Waals surface area contributed by atoms with E-state index in [1.54, 1.807) is 7.11 Å². The third-order valence-electron chi connectivity index (χ3n) is 3.81. The first-order valence-corrected chi connectivity index (χ1v) is 6.54. The van der Waals surface area contributed by atoms with Gasteiger partial charge in [0.2, 0.25) is 0 Å². The largest absolute Gasteiger partial charge is 0.381 e. The third kappa shape index (κ3) is 2.26. The van der Waals surface area contributed by atoms with Gasteiger partial charge >= 0.3 is 0 Å². The van der Waals surface area contributed by atoms with Crippen LogP contribution in [-0.4, -0.2) is 28.9 Å². The molecule has 0 spiro atoms. The Morgan fingerprint density at radius 1 is 1.44 bits per heavy atom. The summed E-state index contributed by atoms with van der Waals surface area (Å²) in [5.41, 5.74) is 2.45. The molecule has 2 heterocycles. The minimum atomic E-state index is 0.436. The van der Waals surface area contributed by atoms with E-state index in [1.807, 2.05) is 23.0 Å². The van der Waals surface area contributed by atoms with E-state index in [2.05, 4.69) is 22.5 Å². The summed E-state index contributed by atoms with van der Waals surface area (Å²) >= 11 is 0. The van der Waals surface area contributed by atoms with Gasteiger partial charge in [0.25, 0.3) is 0 Å². The monoisotopic (exact) mass is 245 g/mol. The molecule has 1 aliphatic rings. The van der Waals surface area contributed by atoms with Gasteiger partial charge in [-0.1, -0.05) is 6.07 Å². The summed E-state index contributed by atoms with van der Waals surface area (Å²) in [7, 11) is 1.80. The second-order valence-electron chi connectivity index (χ2n) is 4.95. The Labute approximate surface area is 107 Å². The number of rotatable bonds is 4. The first-order chi connectivity index (χ1) is 8.86. The fraction of sp³-hybridized carbons (Fsp3) is 0.500. The Hall–Kier alpha value is -1.39.